The molecule has 0 atom stereocenters. The summed E-state index contributed by atoms with van der Waals surface area (Å²) in [6.07, 6.45) is -3.29. The molecule has 0 aliphatic heterocycles. The van der Waals surface area contributed by atoms with Crippen molar-refractivity contribution in [1.82, 2.24) is 4.98 Å². The Morgan fingerprint density at radius 1 is 1.40 bits per heavy atom. The molecule has 0 radical (unpaired) electrons. The lowest BCUT2D eigenvalue weighted by Crippen LogP contribution is -2.04. The maximum absolute atomic E-state index is 12.6. The van der Waals surface area contributed by atoms with Gasteiger partial charge in [-0.1, -0.05) is 11.6 Å². The lowest BCUT2D eigenvalue weighted by atomic mass is 10.3. The Labute approximate surface area is 92.2 Å². The quantitative estimate of drug-likeness (QED) is 0.618. The Bertz CT molecular complexity index is 491. The first-order chi connectivity index (χ1) is 6.73. The molecule has 1 aromatic heterocycles. The number of alkyl halides is 2. The molecule has 84 valence electrons. The summed E-state index contributed by atoms with van der Waals surface area (Å²) in [5, 5.41) is -0.729. The molecule has 0 spiro atoms. The predicted octanol–water partition coefficient (Wildman–Crippen LogP) is 2.74. The van der Waals surface area contributed by atoms with Gasteiger partial charge >= 0.3 is 0 Å². The summed E-state index contributed by atoms with van der Waals surface area (Å²) in [7, 11) is 0.363. The molecule has 0 N–H and O–H groups in total. The average molecular weight is 280 g/mol. The predicted molar refractivity (Wildman–Crippen MR) is 47.2 cm³/mol. The van der Waals surface area contributed by atoms with E-state index in [0.717, 1.165) is 0 Å². The van der Waals surface area contributed by atoms with Crippen LogP contribution in [0.15, 0.2) is 11.0 Å². The van der Waals surface area contributed by atoms with E-state index in [2.05, 4.69) is 4.98 Å². The molecule has 0 aliphatic rings. The van der Waals surface area contributed by atoms with Gasteiger partial charge in [-0.3, -0.25) is 0 Å². The second-order valence-electron chi connectivity index (χ2n) is 2.38. The Hall–Kier alpha value is -0.530. The number of pyridine rings is 1. The van der Waals surface area contributed by atoms with Gasteiger partial charge in [0, 0.05) is 16.7 Å². The highest BCUT2D eigenvalue weighted by Crippen LogP contribution is 2.33. The molecule has 0 saturated carbocycles. The third kappa shape index (κ3) is 2.73. The number of halogens is 5. The van der Waals surface area contributed by atoms with Gasteiger partial charge < -0.3 is 0 Å². The van der Waals surface area contributed by atoms with Crippen LogP contribution in [-0.4, -0.2) is 13.4 Å². The number of hydrogen-bond acceptors (Lipinski definition) is 3. The Balaban J connectivity index is 3.62. The van der Waals surface area contributed by atoms with Crippen LogP contribution < -0.4 is 0 Å². The first kappa shape index (κ1) is 12.5. The highest BCUT2D eigenvalue weighted by Gasteiger charge is 2.27. The van der Waals surface area contributed by atoms with Crippen molar-refractivity contribution in [3.63, 3.8) is 0 Å². The summed E-state index contributed by atoms with van der Waals surface area (Å²) < 4.78 is 59.0. The maximum atomic E-state index is 12.6. The monoisotopic (exact) mass is 279 g/mol. The summed E-state index contributed by atoms with van der Waals surface area (Å²) in [5.41, 5.74) is -1.30. The molecule has 0 amide bonds. The number of hydrogen-bond donors (Lipinski definition) is 0. The van der Waals surface area contributed by atoms with Gasteiger partial charge in [0.2, 0.25) is 5.95 Å². The van der Waals surface area contributed by atoms with Crippen molar-refractivity contribution < 1.29 is 21.6 Å². The van der Waals surface area contributed by atoms with Gasteiger partial charge in [-0.25, -0.2) is 22.2 Å². The Morgan fingerprint density at radius 3 is 2.33 bits per heavy atom. The molecule has 3 nitrogen and oxygen atoms in total. The van der Waals surface area contributed by atoms with E-state index >= 15 is 0 Å². The van der Waals surface area contributed by atoms with Crippen LogP contribution in [0.2, 0.25) is 5.02 Å². The highest BCUT2D eigenvalue weighted by molar-refractivity contribution is 8.13. The lowest BCUT2D eigenvalue weighted by molar-refractivity contribution is 0.141. The number of nitrogens with zero attached hydrogens (tertiary/aromatic N) is 1. The van der Waals surface area contributed by atoms with E-state index in [-0.39, 0.29) is 0 Å². The van der Waals surface area contributed by atoms with Crippen molar-refractivity contribution in [1.29, 1.82) is 0 Å². The molecule has 0 unspecified atom stereocenters. The van der Waals surface area contributed by atoms with Gasteiger partial charge in [-0.15, -0.1) is 0 Å². The van der Waals surface area contributed by atoms with Gasteiger partial charge in [0.15, 0.2) is 0 Å². The summed E-state index contributed by atoms with van der Waals surface area (Å²) in [5.74, 6) is -1.31. The fourth-order valence-electron chi connectivity index (χ4n) is 0.880. The molecule has 0 fully saturated rings. The second-order valence-corrected chi connectivity index (χ2v) is 5.29. The molecule has 0 bridgehead atoms. The Kier molecular flexibility index (Phi) is 3.47. The average Bonchev–Trinajstić information content (AvgIpc) is 1.99. The topological polar surface area (TPSA) is 47.0 Å². The van der Waals surface area contributed by atoms with Crippen LogP contribution in [0, 0.1) is 5.95 Å². The largest absolute Gasteiger partial charge is 0.281 e. The SMILES string of the molecule is O=S(=O)(Cl)c1c(Cl)cc(F)nc1C(F)F. The smallest absolute Gasteiger partial charge is 0.217 e. The van der Waals surface area contributed by atoms with Crippen LogP contribution in [0.1, 0.15) is 12.1 Å². The molecular weight excluding hydrogens is 278 g/mol. The molecule has 1 heterocycles. The standard InChI is InChI=1S/C6H2Cl2F3NO2S/c7-2-1-3(9)12-4(6(10)11)5(2)15(8,13)14/h1,6H. The summed E-state index contributed by atoms with van der Waals surface area (Å²) in [6.45, 7) is 0. The number of aromatic nitrogens is 1. The fraction of sp³-hybridized carbons (Fsp3) is 0.167. The molecule has 0 aliphatic carbocycles. The van der Waals surface area contributed by atoms with Gasteiger partial charge in [0.05, 0.1) is 5.02 Å². The minimum Gasteiger partial charge on any atom is -0.217 e. The van der Waals surface area contributed by atoms with Gasteiger partial charge in [0.1, 0.15) is 10.6 Å². The van der Waals surface area contributed by atoms with E-state index in [1.165, 1.54) is 0 Å². The third-order valence-corrected chi connectivity index (χ3v) is 3.16. The van der Waals surface area contributed by atoms with Crippen LogP contribution in [-0.2, 0) is 9.05 Å². The summed E-state index contributed by atoms with van der Waals surface area (Å²) in [6, 6.07) is 0.489. The van der Waals surface area contributed by atoms with Crippen LogP contribution in [0.25, 0.3) is 0 Å². The van der Waals surface area contributed by atoms with Crippen molar-refractivity contribution in [2.75, 3.05) is 0 Å². The van der Waals surface area contributed by atoms with E-state index in [1.54, 1.807) is 0 Å². The van der Waals surface area contributed by atoms with E-state index in [9.17, 15) is 21.6 Å². The Morgan fingerprint density at radius 2 is 1.93 bits per heavy atom. The second kappa shape index (κ2) is 4.15. The zero-order valence-electron chi connectivity index (χ0n) is 6.72. The first-order valence-corrected chi connectivity index (χ1v) is 6.01. The van der Waals surface area contributed by atoms with Gasteiger partial charge in [-0.05, 0) is 0 Å². The van der Waals surface area contributed by atoms with Crippen molar-refractivity contribution >= 4 is 31.3 Å². The zero-order chi connectivity index (χ0) is 11.8. The van der Waals surface area contributed by atoms with Crippen molar-refractivity contribution in [2.45, 2.75) is 11.3 Å². The van der Waals surface area contributed by atoms with Crippen LogP contribution in [0.4, 0.5) is 13.2 Å². The summed E-state index contributed by atoms with van der Waals surface area (Å²) >= 11 is 5.29. The van der Waals surface area contributed by atoms with Crippen molar-refractivity contribution in [3.05, 3.63) is 22.7 Å². The van der Waals surface area contributed by atoms with E-state index in [0.29, 0.717) is 6.07 Å². The fourth-order valence-corrected chi connectivity index (χ4v) is 2.65. The van der Waals surface area contributed by atoms with E-state index in [4.69, 9.17) is 22.3 Å². The number of rotatable bonds is 2. The zero-order valence-corrected chi connectivity index (χ0v) is 9.04. The molecule has 1 rings (SSSR count). The van der Waals surface area contributed by atoms with E-state index < -0.39 is 37.0 Å². The molecule has 0 saturated heterocycles. The van der Waals surface area contributed by atoms with Crippen LogP contribution in [0.5, 0.6) is 0 Å². The third-order valence-electron chi connectivity index (χ3n) is 1.37. The minimum absolute atomic E-state index is 0.489. The molecule has 15 heavy (non-hydrogen) atoms. The normalized spacial score (nSPS) is 12.1. The van der Waals surface area contributed by atoms with Crippen molar-refractivity contribution in [2.24, 2.45) is 0 Å². The van der Waals surface area contributed by atoms with Crippen LogP contribution >= 0.6 is 22.3 Å². The molecule has 1 aromatic rings. The van der Waals surface area contributed by atoms with Crippen LogP contribution in [0.3, 0.4) is 0 Å². The van der Waals surface area contributed by atoms with Gasteiger partial charge in [-0.2, -0.15) is 4.39 Å². The summed E-state index contributed by atoms with van der Waals surface area (Å²) in [4.78, 5) is 1.67. The lowest BCUT2D eigenvalue weighted by Gasteiger charge is -2.06. The van der Waals surface area contributed by atoms with E-state index in [1.807, 2.05) is 0 Å². The maximum Gasteiger partial charge on any atom is 0.281 e. The van der Waals surface area contributed by atoms with Gasteiger partial charge in [0.25, 0.3) is 15.5 Å². The molecule has 9 heteroatoms. The van der Waals surface area contributed by atoms with Crippen molar-refractivity contribution in [3.8, 4) is 0 Å². The minimum atomic E-state index is -4.49. The first-order valence-electron chi connectivity index (χ1n) is 3.32. The molecule has 0 aromatic carbocycles. The molecular formula is C6H2Cl2F3NO2S. The highest BCUT2D eigenvalue weighted by atomic mass is 35.7.